The highest BCUT2D eigenvalue weighted by Gasteiger charge is 2.01. The van der Waals surface area contributed by atoms with E-state index in [9.17, 15) is 4.79 Å². The normalized spacial score (nSPS) is 10.1. The molecule has 0 radical (unpaired) electrons. The maximum Gasteiger partial charge on any atom is 0.315 e. The fourth-order valence-electron chi connectivity index (χ4n) is 0.963. The lowest BCUT2D eigenvalue weighted by molar-refractivity contribution is -0.137. The van der Waals surface area contributed by atoms with E-state index in [0.717, 1.165) is 5.56 Å². The number of hydrogen-bond acceptors (Lipinski definition) is 3. The summed E-state index contributed by atoms with van der Waals surface area (Å²) >= 11 is 0. The van der Waals surface area contributed by atoms with Crippen molar-refractivity contribution in [3.8, 4) is 0 Å². The van der Waals surface area contributed by atoms with Gasteiger partial charge in [0.05, 0.1) is 13.5 Å². The molecule has 1 rings (SSSR count). The van der Waals surface area contributed by atoms with Crippen molar-refractivity contribution in [3.63, 3.8) is 0 Å². The standard InChI is InChI=1S/C11H12O3/c1-13-7-8-14-11(12)9-10-5-3-2-4-6-10/h2-8H,9H2,1H3. The monoisotopic (exact) mass is 192 g/mol. The van der Waals surface area contributed by atoms with Crippen LogP contribution in [0, 0.1) is 0 Å². The van der Waals surface area contributed by atoms with Crippen LogP contribution in [-0.4, -0.2) is 13.1 Å². The smallest absolute Gasteiger partial charge is 0.315 e. The van der Waals surface area contributed by atoms with Gasteiger partial charge in [-0.25, -0.2) is 0 Å². The number of esters is 1. The Morgan fingerprint density at radius 1 is 1.29 bits per heavy atom. The van der Waals surface area contributed by atoms with Crippen molar-refractivity contribution >= 4 is 5.97 Å². The van der Waals surface area contributed by atoms with E-state index >= 15 is 0 Å². The maximum atomic E-state index is 11.2. The summed E-state index contributed by atoms with van der Waals surface area (Å²) in [6, 6.07) is 9.42. The predicted molar refractivity (Wildman–Crippen MR) is 52.4 cm³/mol. The van der Waals surface area contributed by atoms with Crippen LogP contribution in [0.3, 0.4) is 0 Å². The maximum absolute atomic E-state index is 11.2. The average Bonchev–Trinajstić information content (AvgIpc) is 2.20. The lowest BCUT2D eigenvalue weighted by Crippen LogP contribution is -2.03. The predicted octanol–water partition coefficient (Wildman–Crippen LogP) is 1.89. The number of carbonyl (C=O) groups excluding carboxylic acids is 1. The van der Waals surface area contributed by atoms with Gasteiger partial charge in [0.2, 0.25) is 0 Å². The first-order chi connectivity index (χ1) is 6.83. The van der Waals surface area contributed by atoms with Crippen LogP contribution in [0.4, 0.5) is 0 Å². The van der Waals surface area contributed by atoms with Crippen LogP contribution in [-0.2, 0) is 20.7 Å². The van der Waals surface area contributed by atoms with E-state index in [1.807, 2.05) is 30.3 Å². The van der Waals surface area contributed by atoms with Gasteiger partial charge < -0.3 is 9.47 Å². The van der Waals surface area contributed by atoms with E-state index in [2.05, 4.69) is 4.74 Å². The van der Waals surface area contributed by atoms with E-state index < -0.39 is 0 Å². The Hall–Kier alpha value is -1.77. The summed E-state index contributed by atoms with van der Waals surface area (Å²) in [6.07, 6.45) is 2.81. The second kappa shape index (κ2) is 5.80. The van der Waals surface area contributed by atoms with Gasteiger partial charge in [-0.1, -0.05) is 30.3 Å². The van der Waals surface area contributed by atoms with Crippen LogP contribution in [0.15, 0.2) is 42.9 Å². The number of carbonyl (C=O) groups is 1. The van der Waals surface area contributed by atoms with Crippen LogP contribution >= 0.6 is 0 Å². The van der Waals surface area contributed by atoms with Gasteiger partial charge in [0.15, 0.2) is 0 Å². The van der Waals surface area contributed by atoms with Gasteiger partial charge in [0.25, 0.3) is 0 Å². The molecule has 0 heterocycles. The molecule has 0 fully saturated rings. The molecule has 0 saturated heterocycles. The number of hydrogen-bond donors (Lipinski definition) is 0. The highest BCUT2D eigenvalue weighted by Crippen LogP contribution is 2.00. The average molecular weight is 192 g/mol. The summed E-state index contributed by atoms with van der Waals surface area (Å²) in [7, 11) is 1.49. The molecule has 1 aromatic rings. The molecule has 0 saturated carbocycles. The van der Waals surface area contributed by atoms with E-state index in [0.29, 0.717) is 0 Å². The van der Waals surface area contributed by atoms with Crippen LogP contribution in [0.1, 0.15) is 5.56 Å². The third-order valence-electron chi connectivity index (χ3n) is 1.58. The molecule has 0 bridgehead atoms. The van der Waals surface area contributed by atoms with Gasteiger partial charge in [-0.2, -0.15) is 0 Å². The number of rotatable bonds is 4. The second-order valence-corrected chi connectivity index (χ2v) is 2.66. The van der Waals surface area contributed by atoms with Crippen molar-refractivity contribution < 1.29 is 14.3 Å². The van der Waals surface area contributed by atoms with Gasteiger partial charge in [0, 0.05) is 0 Å². The minimum atomic E-state index is -0.301. The summed E-state index contributed by atoms with van der Waals surface area (Å²) < 4.78 is 9.33. The molecule has 14 heavy (non-hydrogen) atoms. The summed E-state index contributed by atoms with van der Waals surface area (Å²) in [5.74, 6) is -0.301. The zero-order valence-electron chi connectivity index (χ0n) is 7.97. The Balaban J connectivity index is 2.38. The van der Waals surface area contributed by atoms with Gasteiger partial charge >= 0.3 is 5.97 Å². The van der Waals surface area contributed by atoms with Crippen LogP contribution in [0.25, 0.3) is 0 Å². The molecule has 0 unspecified atom stereocenters. The van der Waals surface area contributed by atoms with Crippen molar-refractivity contribution in [2.45, 2.75) is 6.42 Å². The quantitative estimate of drug-likeness (QED) is 0.539. The number of benzene rings is 1. The summed E-state index contributed by atoms with van der Waals surface area (Å²) in [4.78, 5) is 11.2. The molecule has 0 aliphatic carbocycles. The number of ether oxygens (including phenoxy) is 2. The Labute approximate surface area is 83.0 Å². The van der Waals surface area contributed by atoms with Crippen molar-refractivity contribution in [3.05, 3.63) is 48.4 Å². The first kappa shape index (κ1) is 10.3. The molecule has 0 aromatic heterocycles. The molecule has 0 aliphatic rings. The van der Waals surface area contributed by atoms with Crippen molar-refractivity contribution in [2.24, 2.45) is 0 Å². The number of methoxy groups -OCH3 is 1. The molecule has 1 aromatic carbocycles. The molecule has 0 spiro atoms. The molecular weight excluding hydrogens is 180 g/mol. The van der Waals surface area contributed by atoms with E-state index in [4.69, 9.17) is 4.74 Å². The first-order valence-corrected chi connectivity index (χ1v) is 4.24. The molecule has 0 atom stereocenters. The molecule has 74 valence electrons. The van der Waals surface area contributed by atoms with Gasteiger partial charge in [0.1, 0.15) is 12.5 Å². The van der Waals surface area contributed by atoms with Crippen LogP contribution < -0.4 is 0 Å². The summed E-state index contributed by atoms with van der Waals surface area (Å²) in [5.41, 5.74) is 0.934. The van der Waals surface area contributed by atoms with Gasteiger partial charge in [-0.3, -0.25) is 4.79 Å². The summed E-state index contributed by atoms with van der Waals surface area (Å²) in [6.45, 7) is 0. The molecular formula is C11H12O3. The fraction of sp³-hybridized carbons (Fsp3) is 0.182. The molecule has 0 amide bonds. The van der Waals surface area contributed by atoms with Gasteiger partial charge in [-0.05, 0) is 5.56 Å². The third-order valence-corrected chi connectivity index (χ3v) is 1.58. The Bertz CT molecular complexity index is 304. The Kier molecular flexibility index (Phi) is 4.27. The van der Waals surface area contributed by atoms with E-state index in [-0.39, 0.29) is 12.4 Å². The SMILES string of the molecule is COC=COC(=O)Cc1ccccc1. The first-order valence-electron chi connectivity index (χ1n) is 4.24. The van der Waals surface area contributed by atoms with Gasteiger partial charge in [-0.15, -0.1) is 0 Å². The zero-order valence-corrected chi connectivity index (χ0v) is 7.97. The van der Waals surface area contributed by atoms with Crippen LogP contribution in [0.5, 0.6) is 0 Å². The largest absolute Gasteiger partial charge is 0.501 e. The van der Waals surface area contributed by atoms with Crippen molar-refractivity contribution in [1.82, 2.24) is 0 Å². The Morgan fingerprint density at radius 3 is 2.64 bits per heavy atom. The lowest BCUT2D eigenvalue weighted by Gasteiger charge is -1.98. The van der Waals surface area contributed by atoms with Crippen LogP contribution in [0.2, 0.25) is 0 Å². The summed E-state index contributed by atoms with van der Waals surface area (Å²) in [5, 5.41) is 0. The topological polar surface area (TPSA) is 35.5 Å². The molecule has 3 nitrogen and oxygen atoms in total. The van der Waals surface area contributed by atoms with E-state index in [1.54, 1.807) is 0 Å². The third kappa shape index (κ3) is 3.76. The van der Waals surface area contributed by atoms with Crippen molar-refractivity contribution in [2.75, 3.05) is 7.11 Å². The fourth-order valence-corrected chi connectivity index (χ4v) is 0.963. The molecule has 0 N–H and O–H groups in total. The minimum absolute atomic E-state index is 0.273. The Morgan fingerprint density at radius 2 is 2.00 bits per heavy atom. The highest BCUT2D eigenvalue weighted by molar-refractivity contribution is 5.73. The zero-order chi connectivity index (χ0) is 10.2. The van der Waals surface area contributed by atoms with Crippen molar-refractivity contribution in [1.29, 1.82) is 0 Å². The minimum Gasteiger partial charge on any atom is -0.501 e. The lowest BCUT2D eigenvalue weighted by atomic mass is 10.2. The second-order valence-electron chi connectivity index (χ2n) is 2.66. The molecule has 3 heteroatoms. The molecule has 0 aliphatic heterocycles. The van der Waals surface area contributed by atoms with E-state index in [1.165, 1.54) is 19.6 Å². The highest BCUT2D eigenvalue weighted by atomic mass is 16.5.